The maximum atomic E-state index is 9.65. The van der Waals surface area contributed by atoms with E-state index in [-0.39, 0.29) is 12.8 Å². The van der Waals surface area contributed by atoms with Crippen molar-refractivity contribution in [1.29, 1.82) is 0 Å². The second-order valence-corrected chi connectivity index (χ2v) is 3.79. The van der Waals surface area contributed by atoms with Crippen molar-refractivity contribution in [3.05, 3.63) is 0 Å². The van der Waals surface area contributed by atoms with Crippen LogP contribution in [0.3, 0.4) is 0 Å². The minimum Gasteiger partial charge on any atom is -0.393 e. The van der Waals surface area contributed by atoms with Gasteiger partial charge in [-0.25, -0.2) is 0 Å². The van der Waals surface area contributed by atoms with Gasteiger partial charge in [-0.1, -0.05) is 0 Å². The Morgan fingerprint density at radius 1 is 1.07 bits per heavy atom. The van der Waals surface area contributed by atoms with E-state index in [9.17, 15) is 25.5 Å². The van der Waals surface area contributed by atoms with Crippen molar-refractivity contribution in [3.8, 4) is 0 Å². The molecule has 0 heterocycles. The van der Waals surface area contributed by atoms with E-state index >= 15 is 0 Å². The highest BCUT2D eigenvalue weighted by molar-refractivity contribution is 4.98. The Labute approximate surface area is 81.1 Å². The smallest absolute Gasteiger partial charge is 0.116 e. The first-order valence-electron chi connectivity index (χ1n) is 4.48. The zero-order valence-electron chi connectivity index (χ0n) is 7.61. The molecule has 1 aliphatic carbocycles. The second-order valence-electron chi connectivity index (χ2n) is 3.79. The van der Waals surface area contributed by atoms with Crippen molar-refractivity contribution in [2.24, 2.45) is 0 Å². The van der Waals surface area contributed by atoms with E-state index in [2.05, 4.69) is 0 Å². The summed E-state index contributed by atoms with van der Waals surface area (Å²) in [6, 6.07) is 0. The van der Waals surface area contributed by atoms with Crippen LogP contribution in [0.4, 0.5) is 0 Å². The van der Waals surface area contributed by atoms with Crippen molar-refractivity contribution in [3.63, 3.8) is 0 Å². The van der Waals surface area contributed by atoms with Crippen LogP contribution in [-0.2, 0) is 0 Å². The van der Waals surface area contributed by atoms with Gasteiger partial charge < -0.3 is 30.6 Å². The molecule has 0 saturated heterocycles. The third kappa shape index (κ3) is 1.90. The number of hydrogen-bond acceptors (Lipinski definition) is 6. The van der Waals surface area contributed by atoms with Gasteiger partial charge in [-0.05, 0) is 12.8 Å². The minimum absolute atomic E-state index is 0.00630. The van der Waals surface area contributed by atoms with Gasteiger partial charge in [0.2, 0.25) is 0 Å². The fraction of sp³-hybridized carbons (Fsp3) is 1.00. The monoisotopic (exact) mass is 208 g/mol. The molecule has 6 N–H and O–H groups in total. The van der Waals surface area contributed by atoms with E-state index in [1.807, 2.05) is 0 Å². The molecule has 1 rings (SSSR count). The molecule has 0 aliphatic heterocycles. The van der Waals surface area contributed by atoms with Crippen LogP contribution >= 0.6 is 0 Å². The Bertz CT molecular complexity index is 198. The standard InChI is InChI=1S/C8H16O6/c9-3-8(14)2-1-4(10)5(11)6(12)7(8)13/h4-7,9-14H,1-3H2/t4-,5-,6+,7-,8+/m0/s1. The Hall–Kier alpha value is -0.240. The lowest BCUT2D eigenvalue weighted by Gasteiger charge is -2.32. The van der Waals surface area contributed by atoms with Gasteiger partial charge in [0.1, 0.15) is 23.9 Å². The molecule has 1 saturated carbocycles. The zero-order chi connectivity index (χ0) is 10.9. The van der Waals surface area contributed by atoms with Crippen molar-refractivity contribution >= 4 is 0 Å². The molecule has 0 aromatic heterocycles. The van der Waals surface area contributed by atoms with Crippen LogP contribution in [-0.4, -0.2) is 67.3 Å². The quantitative estimate of drug-likeness (QED) is 0.255. The van der Waals surface area contributed by atoms with E-state index < -0.39 is 36.6 Å². The fourth-order valence-corrected chi connectivity index (χ4v) is 1.62. The van der Waals surface area contributed by atoms with E-state index in [4.69, 9.17) is 5.11 Å². The summed E-state index contributed by atoms with van der Waals surface area (Å²) in [5.41, 5.74) is -1.86. The van der Waals surface area contributed by atoms with Crippen LogP contribution in [0.25, 0.3) is 0 Å². The average Bonchev–Trinajstić information content (AvgIpc) is 2.26. The second kappa shape index (κ2) is 4.09. The van der Waals surface area contributed by atoms with Crippen LogP contribution in [0.15, 0.2) is 0 Å². The van der Waals surface area contributed by atoms with Crippen LogP contribution in [0, 0.1) is 0 Å². The lowest BCUT2D eigenvalue weighted by atomic mass is 9.91. The molecule has 84 valence electrons. The van der Waals surface area contributed by atoms with Gasteiger partial charge in [-0.2, -0.15) is 0 Å². The maximum Gasteiger partial charge on any atom is 0.116 e. The fourth-order valence-electron chi connectivity index (χ4n) is 1.62. The summed E-state index contributed by atoms with van der Waals surface area (Å²) in [6.07, 6.45) is -6.12. The summed E-state index contributed by atoms with van der Waals surface area (Å²) in [6.45, 7) is -0.731. The summed E-state index contributed by atoms with van der Waals surface area (Å²) in [4.78, 5) is 0. The molecule has 0 aromatic carbocycles. The first-order chi connectivity index (χ1) is 6.42. The van der Waals surface area contributed by atoms with Gasteiger partial charge in [0.15, 0.2) is 0 Å². The van der Waals surface area contributed by atoms with Crippen LogP contribution < -0.4 is 0 Å². The lowest BCUT2D eigenvalue weighted by Crippen LogP contribution is -2.54. The Morgan fingerprint density at radius 2 is 1.64 bits per heavy atom. The van der Waals surface area contributed by atoms with E-state index in [0.717, 1.165) is 0 Å². The first kappa shape index (κ1) is 11.8. The highest BCUT2D eigenvalue weighted by atomic mass is 16.4. The van der Waals surface area contributed by atoms with Crippen LogP contribution in [0.5, 0.6) is 0 Å². The number of aliphatic hydroxyl groups is 6. The average molecular weight is 208 g/mol. The van der Waals surface area contributed by atoms with Crippen LogP contribution in [0.2, 0.25) is 0 Å². The highest BCUT2D eigenvalue weighted by Gasteiger charge is 2.46. The van der Waals surface area contributed by atoms with Gasteiger partial charge in [-0.3, -0.25) is 0 Å². The van der Waals surface area contributed by atoms with Crippen molar-refractivity contribution in [2.75, 3.05) is 6.61 Å². The first-order valence-corrected chi connectivity index (χ1v) is 4.48. The molecule has 0 aromatic rings. The summed E-state index contributed by atoms with van der Waals surface area (Å²) >= 11 is 0. The number of rotatable bonds is 1. The molecule has 14 heavy (non-hydrogen) atoms. The molecule has 0 amide bonds. The molecular weight excluding hydrogens is 192 g/mol. The van der Waals surface area contributed by atoms with E-state index in [1.54, 1.807) is 0 Å². The molecule has 1 aliphatic rings. The molecule has 0 radical (unpaired) electrons. The molecule has 5 atom stereocenters. The molecule has 1 fully saturated rings. The summed E-state index contributed by atoms with van der Waals surface area (Å²) < 4.78 is 0. The molecule has 6 heteroatoms. The normalized spacial score (nSPS) is 50.1. The highest BCUT2D eigenvalue weighted by Crippen LogP contribution is 2.27. The lowest BCUT2D eigenvalue weighted by molar-refractivity contribution is -0.165. The Kier molecular flexibility index (Phi) is 3.46. The Balaban J connectivity index is 2.86. The van der Waals surface area contributed by atoms with Gasteiger partial charge in [0, 0.05) is 0 Å². The minimum atomic E-state index is -1.86. The van der Waals surface area contributed by atoms with Crippen LogP contribution in [0.1, 0.15) is 12.8 Å². The third-order valence-electron chi connectivity index (χ3n) is 2.76. The van der Waals surface area contributed by atoms with Gasteiger partial charge in [0.25, 0.3) is 0 Å². The maximum absolute atomic E-state index is 9.65. The summed E-state index contributed by atoms with van der Waals surface area (Å²) in [5, 5.41) is 55.8. The van der Waals surface area contributed by atoms with Crippen molar-refractivity contribution in [2.45, 2.75) is 42.9 Å². The summed E-state index contributed by atoms with van der Waals surface area (Å²) in [7, 11) is 0. The molecule has 0 spiro atoms. The molecule has 0 unspecified atom stereocenters. The van der Waals surface area contributed by atoms with Crippen molar-refractivity contribution in [1.82, 2.24) is 0 Å². The SMILES string of the molecule is OC[C@]1(O)CC[C@H](O)[C@H](O)[C@@H](O)[C@@H]1O. The third-order valence-corrected chi connectivity index (χ3v) is 2.76. The molecule has 0 bridgehead atoms. The largest absolute Gasteiger partial charge is 0.393 e. The predicted molar refractivity (Wildman–Crippen MR) is 45.3 cm³/mol. The predicted octanol–water partition coefficient (Wildman–Crippen LogP) is -3.05. The van der Waals surface area contributed by atoms with E-state index in [1.165, 1.54) is 0 Å². The topological polar surface area (TPSA) is 121 Å². The zero-order valence-corrected chi connectivity index (χ0v) is 7.61. The summed E-state index contributed by atoms with van der Waals surface area (Å²) in [5.74, 6) is 0. The Morgan fingerprint density at radius 3 is 2.14 bits per heavy atom. The van der Waals surface area contributed by atoms with E-state index in [0.29, 0.717) is 0 Å². The van der Waals surface area contributed by atoms with Crippen molar-refractivity contribution < 1.29 is 30.6 Å². The van der Waals surface area contributed by atoms with Gasteiger partial charge in [-0.15, -0.1) is 0 Å². The molecular formula is C8H16O6. The molecule has 6 nitrogen and oxygen atoms in total. The number of aliphatic hydroxyl groups excluding tert-OH is 5. The van der Waals surface area contributed by atoms with Gasteiger partial charge >= 0.3 is 0 Å². The number of hydrogen-bond donors (Lipinski definition) is 6. The van der Waals surface area contributed by atoms with Gasteiger partial charge in [0.05, 0.1) is 12.7 Å².